The number of nitrogens with zero attached hydrogens (tertiary/aromatic N) is 2. The molecule has 6 heteroatoms. The fourth-order valence-corrected chi connectivity index (χ4v) is 5.03. The molecule has 2 fully saturated rings. The van der Waals surface area contributed by atoms with Gasteiger partial charge in [0.05, 0.1) is 12.8 Å². The molecule has 0 aliphatic carbocycles. The summed E-state index contributed by atoms with van der Waals surface area (Å²) in [4.78, 5) is 17.6. The fourth-order valence-electron chi connectivity index (χ4n) is 5.03. The van der Waals surface area contributed by atoms with Crippen LogP contribution in [0.4, 0.5) is 0 Å². The van der Waals surface area contributed by atoms with Gasteiger partial charge in [-0.15, -0.1) is 0 Å². The molecule has 1 aromatic heterocycles. The molecule has 3 aromatic rings. The van der Waals surface area contributed by atoms with Gasteiger partial charge in [0.25, 0.3) is 5.91 Å². The maximum Gasteiger partial charge on any atom is 0.251 e. The summed E-state index contributed by atoms with van der Waals surface area (Å²) >= 11 is 0. The average Bonchev–Trinajstić information content (AvgIpc) is 3.41. The van der Waals surface area contributed by atoms with Gasteiger partial charge in [-0.25, -0.2) is 0 Å². The van der Waals surface area contributed by atoms with Crippen molar-refractivity contribution in [1.29, 1.82) is 0 Å². The lowest BCUT2D eigenvalue weighted by molar-refractivity contribution is 0.0906. The van der Waals surface area contributed by atoms with Crippen LogP contribution in [0.2, 0.25) is 0 Å². The molecule has 6 nitrogen and oxygen atoms in total. The normalized spacial score (nSPS) is 18.4. The number of furan rings is 1. The van der Waals surface area contributed by atoms with Gasteiger partial charge in [0.15, 0.2) is 0 Å². The molecule has 2 saturated heterocycles. The zero-order chi connectivity index (χ0) is 23.9. The van der Waals surface area contributed by atoms with E-state index in [4.69, 9.17) is 9.15 Å². The average molecular weight is 474 g/mol. The van der Waals surface area contributed by atoms with Crippen molar-refractivity contribution in [2.24, 2.45) is 0 Å². The number of carbonyl (C=O) groups is 1. The lowest BCUT2D eigenvalue weighted by Gasteiger charge is -2.32. The second kappa shape index (κ2) is 11.6. The minimum absolute atomic E-state index is 0.00398. The highest BCUT2D eigenvalue weighted by molar-refractivity contribution is 5.94. The van der Waals surface area contributed by atoms with Gasteiger partial charge in [0, 0.05) is 44.3 Å². The number of hydrogen-bond acceptors (Lipinski definition) is 5. The number of ether oxygens (including phenoxy) is 1. The highest BCUT2D eigenvalue weighted by Gasteiger charge is 2.23. The molecule has 0 bridgehead atoms. The molecular weight excluding hydrogens is 438 g/mol. The summed E-state index contributed by atoms with van der Waals surface area (Å²) in [5.41, 5.74) is 2.04. The third-order valence-electron chi connectivity index (χ3n) is 7.09. The molecule has 5 rings (SSSR count). The molecule has 0 radical (unpaired) electrons. The Morgan fingerprint density at radius 2 is 1.51 bits per heavy atom. The standard InChI is InChI=1S/C29H35N3O3/c33-29(30-25-12-16-31(17-13-25)21-23-5-2-1-3-6-23)24-8-10-26(11-9-24)35-27-14-18-32(19-15-27)22-28-7-4-20-34-28/h1-11,20,25,27H,12-19,21-22H2,(H,30,33). The number of amides is 1. The Hall–Kier alpha value is -3.09. The minimum Gasteiger partial charge on any atom is -0.490 e. The Morgan fingerprint density at radius 3 is 2.20 bits per heavy atom. The number of rotatable bonds is 8. The Balaban J connectivity index is 1.03. The first-order valence-corrected chi connectivity index (χ1v) is 12.8. The molecule has 0 unspecified atom stereocenters. The van der Waals surface area contributed by atoms with E-state index in [-0.39, 0.29) is 18.1 Å². The van der Waals surface area contributed by atoms with E-state index in [1.807, 2.05) is 36.4 Å². The van der Waals surface area contributed by atoms with E-state index in [9.17, 15) is 4.79 Å². The first-order valence-electron chi connectivity index (χ1n) is 12.8. The second-order valence-electron chi connectivity index (χ2n) is 9.71. The maximum atomic E-state index is 12.8. The van der Waals surface area contributed by atoms with E-state index < -0.39 is 0 Å². The summed E-state index contributed by atoms with van der Waals surface area (Å²) in [6, 6.07) is 22.4. The first kappa shape index (κ1) is 23.6. The molecule has 2 aliphatic heterocycles. The van der Waals surface area contributed by atoms with Crippen LogP contribution in [0, 0.1) is 0 Å². The molecule has 35 heavy (non-hydrogen) atoms. The summed E-state index contributed by atoms with van der Waals surface area (Å²) in [7, 11) is 0. The molecule has 2 aliphatic rings. The van der Waals surface area contributed by atoms with E-state index in [0.717, 1.165) is 76.5 Å². The van der Waals surface area contributed by atoms with Gasteiger partial charge in [-0.2, -0.15) is 0 Å². The summed E-state index contributed by atoms with van der Waals surface area (Å²) in [5.74, 6) is 1.85. The van der Waals surface area contributed by atoms with E-state index in [1.54, 1.807) is 6.26 Å². The summed E-state index contributed by atoms with van der Waals surface area (Å²) in [5, 5.41) is 3.22. The van der Waals surface area contributed by atoms with Crippen LogP contribution in [0.5, 0.6) is 5.75 Å². The van der Waals surface area contributed by atoms with Gasteiger partial charge in [-0.05, 0) is 67.6 Å². The predicted molar refractivity (Wildman–Crippen MR) is 136 cm³/mol. The molecule has 0 spiro atoms. The van der Waals surface area contributed by atoms with Gasteiger partial charge in [0.2, 0.25) is 0 Å². The highest BCUT2D eigenvalue weighted by atomic mass is 16.5. The van der Waals surface area contributed by atoms with E-state index >= 15 is 0 Å². The van der Waals surface area contributed by atoms with Crippen molar-refractivity contribution >= 4 is 5.91 Å². The lowest BCUT2D eigenvalue weighted by atomic mass is 10.0. The number of carbonyl (C=O) groups excluding carboxylic acids is 1. The van der Waals surface area contributed by atoms with Crippen LogP contribution < -0.4 is 10.1 Å². The SMILES string of the molecule is O=C(NC1CCN(Cc2ccccc2)CC1)c1ccc(OC2CCN(Cc3ccco3)CC2)cc1. The van der Waals surface area contributed by atoms with Crippen LogP contribution in [-0.4, -0.2) is 54.0 Å². The summed E-state index contributed by atoms with van der Waals surface area (Å²) < 4.78 is 11.7. The first-order chi connectivity index (χ1) is 17.2. The third-order valence-corrected chi connectivity index (χ3v) is 7.09. The maximum absolute atomic E-state index is 12.8. The molecular formula is C29H35N3O3. The topological polar surface area (TPSA) is 58.0 Å². The van der Waals surface area contributed by atoms with Gasteiger partial charge in [-0.3, -0.25) is 14.6 Å². The van der Waals surface area contributed by atoms with Gasteiger partial charge >= 0.3 is 0 Å². The van der Waals surface area contributed by atoms with Gasteiger partial charge in [-0.1, -0.05) is 30.3 Å². The molecule has 2 aromatic carbocycles. The van der Waals surface area contributed by atoms with Crippen LogP contribution in [0.3, 0.4) is 0 Å². The number of piperidine rings is 2. The zero-order valence-corrected chi connectivity index (χ0v) is 20.3. The van der Waals surface area contributed by atoms with E-state index in [1.165, 1.54) is 5.56 Å². The quantitative estimate of drug-likeness (QED) is 0.513. The number of nitrogens with one attached hydrogen (secondary N) is 1. The molecule has 1 N–H and O–H groups in total. The van der Waals surface area contributed by atoms with Crippen LogP contribution in [0.25, 0.3) is 0 Å². The second-order valence-corrected chi connectivity index (χ2v) is 9.71. The van der Waals surface area contributed by atoms with Crippen molar-refractivity contribution in [1.82, 2.24) is 15.1 Å². The lowest BCUT2D eigenvalue weighted by Crippen LogP contribution is -2.44. The number of likely N-dealkylation sites (tertiary alicyclic amines) is 2. The van der Waals surface area contributed by atoms with Crippen molar-refractivity contribution in [2.75, 3.05) is 26.2 Å². The predicted octanol–water partition coefficient (Wildman–Crippen LogP) is 4.72. The van der Waals surface area contributed by atoms with Crippen LogP contribution >= 0.6 is 0 Å². The Kier molecular flexibility index (Phi) is 7.81. The van der Waals surface area contributed by atoms with Crippen LogP contribution in [0.1, 0.15) is 47.4 Å². The largest absolute Gasteiger partial charge is 0.490 e. The molecule has 1 amide bonds. The molecule has 184 valence electrons. The Bertz CT molecular complexity index is 1040. The number of benzene rings is 2. The van der Waals surface area contributed by atoms with Crippen molar-refractivity contribution < 1.29 is 13.9 Å². The van der Waals surface area contributed by atoms with E-state index in [2.05, 4.69) is 45.4 Å². The monoisotopic (exact) mass is 473 g/mol. The van der Waals surface area contributed by atoms with Crippen molar-refractivity contribution in [3.8, 4) is 5.75 Å². The van der Waals surface area contributed by atoms with Crippen molar-refractivity contribution in [3.05, 3.63) is 89.9 Å². The van der Waals surface area contributed by atoms with Crippen molar-refractivity contribution in [2.45, 2.75) is 50.9 Å². The molecule has 0 atom stereocenters. The Labute approximate surface area is 207 Å². The fraction of sp³-hybridized carbons (Fsp3) is 0.414. The zero-order valence-electron chi connectivity index (χ0n) is 20.3. The molecule has 0 saturated carbocycles. The number of hydrogen-bond donors (Lipinski definition) is 1. The van der Waals surface area contributed by atoms with Crippen molar-refractivity contribution in [3.63, 3.8) is 0 Å². The van der Waals surface area contributed by atoms with Gasteiger partial charge < -0.3 is 14.5 Å². The minimum atomic E-state index is 0.00398. The summed E-state index contributed by atoms with van der Waals surface area (Å²) in [6.45, 7) is 5.84. The summed E-state index contributed by atoms with van der Waals surface area (Å²) in [6.07, 6.45) is 5.89. The highest BCUT2D eigenvalue weighted by Crippen LogP contribution is 2.21. The molecule has 3 heterocycles. The Morgan fingerprint density at radius 1 is 0.829 bits per heavy atom. The van der Waals surface area contributed by atoms with E-state index in [0.29, 0.717) is 5.56 Å². The van der Waals surface area contributed by atoms with Gasteiger partial charge in [0.1, 0.15) is 17.6 Å². The smallest absolute Gasteiger partial charge is 0.251 e. The third kappa shape index (κ3) is 6.74. The van der Waals surface area contributed by atoms with Crippen LogP contribution in [0.15, 0.2) is 77.4 Å². The van der Waals surface area contributed by atoms with Crippen LogP contribution in [-0.2, 0) is 13.1 Å².